The molecule has 0 N–H and O–H groups in total. The molecule has 2 aromatic rings. The Morgan fingerprint density at radius 1 is 1.29 bits per heavy atom. The van der Waals surface area contributed by atoms with Crippen molar-refractivity contribution in [3.8, 4) is 0 Å². The number of amides is 1. The van der Waals surface area contributed by atoms with Gasteiger partial charge in [-0.3, -0.25) is 9.59 Å². The SMILES string of the molecule is CCOC(=O)C1CCN(C(=O)c2sc3cc(Cl)ccc3c2Cl)CC1. The van der Waals surface area contributed by atoms with Crippen molar-refractivity contribution in [1.29, 1.82) is 0 Å². The highest BCUT2D eigenvalue weighted by atomic mass is 35.5. The Kier molecular flexibility index (Phi) is 5.33. The van der Waals surface area contributed by atoms with E-state index < -0.39 is 0 Å². The summed E-state index contributed by atoms with van der Waals surface area (Å²) in [6.07, 6.45) is 1.25. The van der Waals surface area contributed by atoms with Crippen molar-refractivity contribution in [1.82, 2.24) is 4.90 Å². The van der Waals surface area contributed by atoms with Crippen LogP contribution in [0.25, 0.3) is 10.1 Å². The number of rotatable bonds is 3. The van der Waals surface area contributed by atoms with E-state index in [1.165, 1.54) is 11.3 Å². The first-order valence-electron chi connectivity index (χ1n) is 7.84. The summed E-state index contributed by atoms with van der Waals surface area (Å²) in [6.45, 7) is 3.26. The molecule has 128 valence electrons. The second-order valence-electron chi connectivity index (χ2n) is 5.70. The average Bonchev–Trinajstić information content (AvgIpc) is 2.90. The van der Waals surface area contributed by atoms with Crippen LogP contribution >= 0.6 is 34.5 Å². The molecule has 0 spiro atoms. The van der Waals surface area contributed by atoms with E-state index in [4.69, 9.17) is 27.9 Å². The van der Waals surface area contributed by atoms with E-state index in [0.717, 1.165) is 10.1 Å². The Labute approximate surface area is 154 Å². The average molecular weight is 386 g/mol. The fourth-order valence-corrected chi connectivity index (χ4v) is 4.65. The largest absolute Gasteiger partial charge is 0.466 e. The molecule has 0 radical (unpaired) electrons. The highest BCUT2D eigenvalue weighted by Gasteiger charge is 2.30. The molecule has 0 saturated carbocycles. The van der Waals surface area contributed by atoms with Crippen molar-refractivity contribution in [2.24, 2.45) is 5.92 Å². The molecule has 1 saturated heterocycles. The first-order valence-corrected chi connectivity index (χ1v) is 9.42. The van der Waals surface area contributed by atoms with Gasteiger partial charge in [0, 0.05) is 28.2 Å². The third kappa shape index (κ3) is 3.39. The van der Waals surface area contributed by atoms with Gasteiger partial charge in [-0.2, -0.15) is 0 Å². The molecule has 7 heteroatoms. The number of nitrogens with zero attached hydrogens (tertiary/aromatic N) is 1. The van der Waals surface area contributed by atoms with E-state index in [1.807, 2.05) is 12.1 Å². The minimum atomic E-state index is -0.167. The van der Waals surface area contributed by atoms with Gasteiger partial charge in [0.15, 0.2) is 0 Å². The zero-order valence-corrected chi connectivity index (χ0v) is 15.5. The molecule has 1 aromatic carbocycles. The normalized spacial score (nSPS) is 15.7. The molecule has 1 aromatic heterocycles. The summed E-state index contributed by atoms with van der Waals surface area (Å²) in [5.74, 6) is -0.371. The van der Waals surface area contributed by atoms with Gasteiger partial charge in [0.05, 0.1) is 17.5 Å². The predicted octanol–water partition coefficient (Wildman–Crippen LogP) is 4.62. The summed E-state index contributed by atoms with van der Waals surface area (Å²) >= 11 is 13.7. The molecule has 1 aliphatic heterocycles. The van der Waals surface area contributed by atoms with Crippen LogP contribution in [0.5, 0.6) is 0 Å². The number of likely N-dealkylation sites (tertiary alicyclic amines) is 1. The zero-order valence-electron chi connectivity index (χ0n) is 13.2. The molecule has 0 aliphatic carbocycles. The Hall–Kier alpha value is -1.30. The van der Waals surface area contributed by atoms with E-state index in [1.54, 1.807) is 17.9 Å². The Morgan fingerprint density at radius 3 is 2.67 bits per heavy atom. The number of ether oxygens (including phenoxy) is 1. The number of esters is 1. The van der Waals surface area contributed by atoms with Crippen molar-refractivity contribution in [3.63, 3.8) is 0 Å². The second-order valence-corrected chi connectivity index (χ2v) is 7.57. The Morgan fingerprint density at radius 2 is 2.00 bits per heavy atom. The quantitative estimate of drug-likeness (QED) is 0.723. The Balaban J connectivity index is 1.74. The maximum absolute atomic E-state index is 12.8. The number of piperidine rings is 1. The van der Waals surface area contributed by atoms with Crippen molar-refractivity contribution < 1.29 is 14.3 Å². The molecule has 1 amide bonds. The van der Waals surface area contributed by atoms with Gasteiger partial charge in [0.1, 0.15) is 4.88 Å². The lowest BCUT2D eigenvalue weighted by Gasteiger charge is -2.30. The molecule has 3 rings (SSSR count). The minimum absolute atomic E-state index is 0.0837. The van der Waals surface area contributed by atoms with Crippen LogP contribution in [0, 0.1) is 5.92 Å². The highest BCUT2D eigenvalue weighted by molar-refractivity contribution is 7.21. The maximum Gasteiger partial charge on any atom is 0.309 e. The highest BCUT2D eigenvalue weighted by Crippen LogP contribution is 2.37. The molecule has 1 aliphatic rings. The van der Waals surface area contributed by atoms with Crippen LogP contribution in [0.1, 0.15) is 29.4 Å². The first-order chi connectivity index (χ1) is 11.5. The molecule has 4 nitrogen and oxygen atoms in total. The van der Waals surface area contributed by atoms with Gasteiger partial charge >= 0.3 is 5.97 Å². The third-order valence-electron chi connectivity index (χ3n) is 4.19. The van der Waals surface area contributed by atoms with Crippen LogP contribution in [-0.2, 0) is 9.53 Å². The molecule has 0 atom stereocenters. The number of fused-ring (bicyclic) bond motifs is 1. The van der Waals surface area contributed by atoms with Gasteiger partial charge in [-0.25, -0.2) is 0 Å². The van der Waals surface area contributed by atoms with Gasteiger partial charge in [0.25, 0.3) is 5.91 Å². The van der Waals surface area contributed by atoms with Crippen LogP contribution in [0.2, 0.25) is 10.0 Å². The summed E-state index contributed by atoms with van der Waals surface area (Å²) in [6, 6.07) is 5.42. The fraction of sp³-hybridized carbons (Fsp3) is 0.412. The number of thiophene rings is 1. The van der Waals surface area contributed by atoms with Crippen LogP contribution < -0.4 is 0 Å². The standard InChI is InChI=1S/C17H17Cl2NO3S/c1-2-23-17(22)10-5-7-20(8-6-10)16(21)15-14(19)12-4-3-11(18)9-13(12)24-15/h3-4,9-10H,2,5-8H2,1H3. The number of halogens is 2. The number of benzene rings is 1. The summed E-state index contributed by atoms with van der Waals surface area (Å²) < 4.78 is 5.96. The summed E-state index contributed by atoms with van der Waals surface area (Å²) in [4.78, 5) is 26.9. The summed E-state index contributed by atoms with van der Waals surface area (Å²) in [7, 11) is 0. The van der Waals surface area contributed by atoms with E-state index in [-0.39, 0.29) is 17.8 Å². The maximum atomic E-state index is 12.8. The van der Waals surface area contributed by atoms with Crippen LogP contribution in [0.3, 0.4) is 0 Å². The molecule has 1 fully saturated rings. The first kappa shape index (κ1) is 17.5. The fourth-order valence-electron chi connectivity index (χ4n) is 2.90. The van der Waals surface area contributed by atoms with Crippen molar-refractivity contribution in [2.75, 3.05) is 19.7 Å². The van der Waals surface area contributed by atoms with E-state index in [9.17, 15) is 9.59 Å². The number of hydrogen-bond acceptors (Lipinski definition) is 4. The van der Waals surface area contributed by atoms with Gasteiger partial charge in [-0.1, -0.05) is 29.3 Å². The molecular formula is C17H17Cl2NO3S. The molecule has 2 heterocycles. The third-order valence-corrected chi connectivity index (χ3v) is 6.07. The van der Waals surface area contributed by atoms with Gasteiger partial charge in [-0.05, 0) is 31.9 Å². The van der Waals surface area contributed by atoms with E-state index in [0.29, 0.717) is 47.5 Å². The lowest BCUT2D eigenvalue weighted by molar-refractivity contribution is -0.149. The van der Waals surface area contributed by atoms with E-state index in [2.05, 4.69) is 0 Å². The minimum Gasteiger partial charge on any atom is -0.466 e. The molecule has 0 unspecified atom stereocenters. The monoisotopic (exact) mass is 385 g/mol. The van der Waals surface area contributed by atoms with Gasteiger partial charge < -0.3 is 9.64 Å². The van der Waals surface area contributed by atoms with Gasteiger partial charge in [0.2, 0.25) is 0 Å². The van der Waals surface area contributed by atoms with E-state index >= 15 is 0 Å². The zero-order chi connectivity index (χ0) is 17.3. The van der Waals surface area contributed by atoms with Crippen LogP contribution in [0.4, 0.5) is 0 Å². The molecule has 24 heavy (non-hydrogen) atoms. The molecule has 0 bridgehead atoms. The topological polar surface area (TPSA) is 46.6 Å². The van der Waals surface area contributed by atoms with Crippen LogP contribution in [0.15, 0.2) is 18.2 Å². The summed E-state index contributed by atoms with van der Waals surface area (Å²) in [5, 5.41) is 1.94. The Bertz CT molecular complexity index is 781. The molecular weight excluding hydrogens is 369 g/mol. The van der Waals surface area contributed by atoms with Crippen LogP contribution in [-0.4, -0.2) is 36.5 Å². The number of carbonyl (C=O) groups excluding carboxylic acids is 2. The summed E-state index contributed by atoms with van der Waals surface area (Å²) in [5.41, 5.74) is 0. The predicted molar refractivity (Wildman–Crippen MR) is 97.1 cm³/mol. The number of carbonyl (C=O) groups is 2. The van der Waals surface area contributed by atoms with Gasteiger partial charge in [-0.15, -0.1) is 11.3 Å². The smallest absolute Gasteiger partial charge is 0.309 e. The lowest BCUT2D eigenvalue weighted by atomic mass is 9.97. The second kappa shape index (κ2) is 7.30. The van der Waals surface area contributed by atoms with Crippen molar-refractivity contribution in [2.45, 2.75) is 19.8 Å². The lowest BCUT2D eigenvalue weighted by Crippen LogP contribution is -2.40. The van der Waals surface area contributed by atoms with Crippen molar-refractivity contribution >= 4 is 56.5 Å². The number of hydrogen-bond donors (Lipinski definition) is 0. The van der Waals surface area contributed by atoms with Crippen molar-refractivity contribution in [3.05, 3.63) is 33.1 Å².